The van der Waals surface area contributed by atoms with Crippen LogP contribution in [0.1, 0.15) is 0 Å². The maximum Gasteiger partial charge on any atom is 0.301 e. The highest BCUT2D eigenvalue weighted by Crippen LogP contribution is 2.46. The van der Waals surface area contributed by atoms with E-state index in [1.165, 1.54) is 27.2 Å². The van der Waals surface area contributed by atoms with Gasteiger partial charge in [-0.05, 0) is 66.7 Å². The molecule has 0 atom stereocenters. The summed E-state index contributed by atoms with van der Waals surface area (Å²) in [6, 6.07) is 71.6. The quantitative estimate of drug-likeness (QED) is 0.141. The second kappa shape index (κ2) is 14.6. The molecule has 0 aliphatic carbocycles. The number of nitro groups is 1. The van der Waals surface area contributed by atoms with Crippen molar-refractivity contribution in [3.05, 3.63) is 222 Å². The number of aromatic nitrogens is 3. The van der Waals surface area contributed by atoms with Crippen molar-refractivity contribution in [3.63, 3.8) is 0 Å². The number of nitro benzene ring substituents is 1. The molecule has 8 heteroatoms. The Morgan fingerprint density at radius 2 is 0.882 bits per heavy atom. The number of para-hydroxylation sites is 7. The summed E-state index contributed by atoms with van der Waals surface area (Å²) in [7, 11) is 0. The summed E-state index contributed by atoms with van der Waals surface area (Å²) in [5.74, 6) is 0. The van der Waals surface area contributed by atoms with E-state index in [1.54, 1.807) is 0 Å². The standard InChI is InChI=1S/C30H18N2O3.C30H18N2O/c33-32(34)29-23(25-14-8-13-24-21-12-5-7-16-27(21)35-30(24)25)18-17-22-20-11-4-6-15-26(20)31(28(22)29)19-9-2-1-3-10-19;1-2-8-18(9-3-1)32-25-12-6-4-10-19(25)21-14-15-23-27-24(31-28(23)29(21)32)17-16-22-20-11-5-7-13-26(20)33-30(22)27/h1-18H;1-17,31H. The summed E-state index contributed by atoms with van der Waals surface area (Å²) < 4.78 is 17.0. The van der Waals surface area contributed by atoms with Crippen LogP contribution in [-0.4, -0.2) is 19.0 Å². The molecule has 0 saturated carbocycles. The lowest BCUT2D eigenvalue weighted by atomic mass is 9.98. The lowest BCUT2D eigenvalue weighted by Crippen LogP contribution is -1.99. The van der Waals surface area contributed by atoms with E-state index in [0.717, 1.165) is 82.4 Å². The van der Waals surface area contributed by atoms with Crippen molar-refractivity contribution in [2.45, 2.75) is 0 Å². The number of nitrogens with one attached hydrogen (secondary N) is 1. The Bertz CT molecular complexity index is 4530. The zero-order valence-corrected chi connectivity index (χ0v) is 36.2. The second-order valence-electron chi connectivity index (χ2n) is 17.2. The molecule has 0 bridgehead atoms. The molecule has 15 rings (SSSR count). The van der Waals surface area contributed by atoms with Crippen molar-refractivity contribution in [1.29, 1.82) is 0 Å². The Hall–Kier alpha value is -9.40. The fourth-order valence-electron chi connectivity index (χ4n) is 10.8. The molecule has 0 aliphatic heterocycles. The number of H-pyrrole nitrogens is 1. The summed E-state index contributed by atoms with van der Waals surface area (Å²) in [5, 5.41) is 23.6. The van der Waals surface area contributed by atoms with Crippen LogP contribution in [0.5, 0.6) is 0 Å². The molecule has 1 N–H and O–H groups in total. The molecule has 68 heavy (non-hydrogen) atoms. The molecule has 15 aromatic rings. The SMILES string of the molecule is O=[N+]([O-])c1c(-c2cccc3c2oc2ccccc23)ccc2c3ccccc3n(-c3ccccc3)c12.c1ccc(-n2c3ccccc3c3ccc4c([nH]c5ccc6c7ccccc7oc6c54)c32)cc1. The van der Waals surface area contributed by atoms with Crippen LogP contribution in [0.15, 0.2) is 221 Å². The molecule has 0 aliphatic rings. The van der Waals surface area contributed by atoms with Crippen molar-refractivity contribution in [1.82, 2.24) is 14.1 Å². The van der Waals surface area contributed by atoms with E-state index in [0.29, 0.717) is 22.2 Å². The average molecular weight is 877 g/mol. The molecule has 0 unspecified atom stereocenters. The predicted molar refractivity (Wildman–Crippen MR) is 278 cm³/mol. The first-order valence-corrected chi connectivity index (χ1v) is 22.6. The largest absolute Gasteiger partial charge is 0.455 e. The molecular weight excluding hydrogens is 841 g/mol. The number of hydrogen-bond acceptors (Lipinski definition) is 4. The van der Waals surface area contributed by atoms with Gasteiger partial charge in [-0.15, -0.1) is 0 Å². The van der Waals surface area contributed by atoms with Crippen LogP contribution in [0, 0.1) is 10.1 Å². The lowest BCUT2D eigenvalue weighted by Gasteiger charge is -2.10. The molecule has 0 spiro atoms. The van der Waals surface area contributed by atoms with Crippen LogP contribution < -0.4 is 0 Å². The monoisotopic (exact) mass is 876 g/mol. The van der Waals surface area contributed by atoms with E-state index in [1.807, 2.05) is 126 Å². The number of furan rings is 2. The predicted octanol–water partition coefficient (Wildman–Crippen LogP) is 16.6. The molecule has 10 aromatic carbocycles. The van der Waals surface area contributed by atoms with Gasteiger partial charge in [-0.25, -0.2) is 0 Å². The van der Waals surface area contributed by atoms with E-state index < -0.39 is 0 Å². The highest BCUT2D eigenvalue weighted by molar-refractivity contribution is 6.28. The Balaban J connectivity index is 0.000000129. The van der Waals surface area contributed by atoms with Crippen LogP contribution in [0.3, 0.4) is 0 Å². The van der Waals surface area contributed by atoms with Crippen LogP contribution in [-0.2, 0) is 0 Å². The van der Waals surface area contributed by atoms with Crippen LogP contribution in [0.25, 0.3) is 132 Å². The van der Waals surface area contributed by atoms with Crippen molar-refractivity contribution in [2.75, 3.05) is 0 Å². The van der Waals surface area contributed by atoms with Crippen molar-refractivity contribution in [2.24, 2.45) is 0 Å². The minimum atomic E-state index is -0.266. The zero-order chi connectivity index (χ0) is 45.0. The third-order valence-corrected chi connectivity index (χ3v) is 13.6. The van der Waals surface area contributed by atoms with Crippen LogP contribution in [0.2, 0.25) is 0 Å². The van der Waals surface area contributed by atoms with Gasteiger partial charge in [0.25, 0.3) is 0 Å². The third kappa shape index (κ3) is 5.42. The molecular formula is C60H36N4O4. The number of fused-ring (bicyclic) bond motifs is 17. The Labute approximate surface area is 386 Å². The summed E-state index contributed by atoms with van der Waals surface area (Å²) in [6.45, 7) is 0. The Kier molecular flexibility index (Phi) is 8.12. The van der Waals surface area contributed by atoms with Crippen LogP contribution in [0.4, 0.5) is 5.69 Å². The first-order valence-electron chi connectivity index (χ1n) is 22.6. The fourth-order valence-corrected chi connectivity index (χ4v) is 10.8. The number of benzene rings is 10. The molecule has 0 saturated heterocycles. The summed E-state index contributed by atoms with van der Waals surface area (Å²) in [5.41, 5.74) is 12.8. The van der Waals surface area contributed by atoms with E-state index in [2.05, 4.69) is 101 Å². The minimum absolute atomic E-state index is 0.0653. The number of rotatable bonds is 4. The Morgan fingerprint density at radius 1 is 0.397 bits per heavy atom. The Morgan fingerprint density at radius 3 is 1.53 bits per heavy atom. The van der Waals surface area contributed by atoms with Gasteiger partial charge < -0.3 is 23.0 Å². The number of nitrogens with zero attached hydrogens (tertiary/aromatic N) is 3. The molecule has 0 radical (unpaired) electrons. The van der Waals surface area contributed by atoms with E-state index in [9.17, 15) is 10.1 Å². The fraction of sp³-hybridized carbons (Fsp3) is 0. The second-order valence-corrected chi connectivity index (χ2v) is 17.2. The minimum Gasteiger partial charge on any atom is -0.455 e. The van der Waals surface area contributed by atoms with E-state index in [4.69, 9.17) is 8.83 Å². The first kappa shape index (κ1) is 37.9. The van der Waals surface area contributed by atoms with E-state index in [-0.39, 0.29) is 10.6 Å². The molecule has 5 aromatic heterocycles. The first-order chi connectivity index (χ1) is 33.6. The van der Waals surface area contributed by atoms with Gasteiger partial charge in [0.1, 0.15) is 27.8 Å². The summed E-state index contributed by atoms with van der Waals surface area (Å²) in [6.07, 6.45) is 0. The maximum atomic E-state index is 12.7. The topological polar surface area (TPSA) is 95.1 Å². The van der Waals surface area contributed by atoms with Gasteiger partial charge in [-0.2, -0.15) is 0 Å². The van der Waals surface area contributed by atoms with Crippen LogP contribution >= 0.6 is 0 Å². The van der Waals surface area contributed by atoms with Gasteiger partial charge in [-0.1, -0.05) is 146 Å². The van der Waals surface area contributed by atoms with Gasteiger partial charge in [0.05, 0.1) is 43.5 Å². The lowest BCUT2D eigenvalue weighted by molar-refractivity contribution is -0.382. The molecule has 320 valence electrons. The number of hydrogen-bond donors (Lipinski definition) is 1. The van der Waals surface area contributed by atoms with E-state index >= 15 is 0 Å². The highest BCUT2D eigenvalue weighted by Gasteiger charge is 2.28. The number of aromatic amines is 1. The van der Waals surface area contributed by atoms with Crippen molar-refractivity contribution in [3.8, 4) is 22.5 Å². The zero-order valence-electron chi connectivity index (χ0n) is 36.2. The molecule has 5 heterocycles. The summed E-state index contributed by atoms with van der Waals surface area (Å²) >= 11 is 0. The van der Waals surface area contributed by atoms with Crippen molar-refractivity contribution < 1.29 is 13.8 Å². The highest BCUT2D eigenvalue weighted by atomic mass is 16.6. The summed E-state index contributed by atoms with van der Waals surface area (Å²) in [4.78, 5) is 16.2. The van der Waals surface area contributed by atoms with Gasteiger partial charge in [0, 0.05) is 65.4 Å². The van der Waals surface area contributed by atoms with Gasteiger partial charge in [0.15, 0.2) is 0 Å². The molecule has 0 amide bonds. The van der Waals surface area contributed by atoms with Crippen molar-refractivity contribution >= 4 is 115 Å². The van der Waals surface area contributed by atoms with Gasteiger partial charge in [0.2, 0.25) is 0 Å². The maximum absolute atomic E-state index is 12.7. The van der Waals surface area contributed by atoms with Gasteiger partial charge in [-0.3, -0.25) is 10.1 Å². The third-order valence-electron chi connectivity index (χ3n) is 13.6. The normalized spacial score (nSPS) is 11.9. The molecule has 0 fully saturated rings. The molecule has 8 nitrogen and oxygen atoms in total. The van der Waals surface area contributed by atoms with Gasteiger partial charge >= 0.3 is 5.69 Å². The average Bonchev–Trinajstić information content (AvgIpc) is 4.21. The smallest absolute Gasteiger partial charge is 0.301 e.